The summed E-state index contributed by atoms with van der Waals surface area (Å²) in [5.41, 5.74) is 0. The zero-order chi connectivity index (χ0) is 20.6. The number of hydrogen-bond acceptors (Lipinski definition) is 5. The van der Waals surface area contributed by atoms with E-state index < -0.39 is 0 Å². The van der Waals surface area contributed by atoms with Crippen molar-refractivity contribution in [1.82, 2.24) is 25.0 Å². The number of likely N-dealkylation sites (tertiary alicyclic amines) is 1. The third-order valence-corrected chi connectivity index (χ3v) is 6.54. The van der Waals surface area contributed by atoms with Gasteiger partial charge in [-0.05, 0) is 44.9 Å². The van der Waals surface area contributed by atoms with Gasteiger partial charge in [-0.3, -0.25) is 4.99 Å². The molecule has 0 spiro atoms. The smallest absolute Gasteiger partial charge is 0.193 e. The van der Waals surface area contributed by atoms with Crippen molar-refractivity contribution in [3.8, 4) is 0 Å². The van der Waals surface area contributed by atoms with E-state index in [2.05, 4.69) is 30.0 Å². The third kappa shape index (κ3) is 5.72. The van der Waals surface area contributed by atoms with E-state index in [1.807, 2.05) is 7.05 Å². The number of ether oxygens (including phenoxy) is 2. The summed E-state index contributed by atoms with van der Waals surface area (Å²) in [4.78, 5) is 6.86. The van der Waals surface area contributed by atoms with Gasteiger partial charge in [0.25, 0.3) is 0 Å². The number of rotatable bonds is 7. The highest BCUT2D eigenvalue weighted by molar-refractivity contribution is 5.79. The molecule has 0 radical (unpaired) electrons. The van der Waals surface area contributed by atoms with Crippen molar-refractivity contribution < 1.29 is 9.47 Å². The van der Waals surface area contributed by atoms with Crippen LogP contribution in [0.3, 0.4) is 0 Å². The maximum Gasteiger partial charge on any atom is 0.193 e. The fourth-order valence-electron chi connectivity index (χ4n) is 4.76. The minimum absolute atomic E-state index is 0.317. The number of aromatic nitrogens is 3. The van der Waals surface area contributed by atoms with Crippen LogP contribution in [0.5, 0.6) is 0 Å². The zero-order valence-corrected chi connectivity index (χ0v) is 18.5. The minimum Gasteiger partial charge on any atom is -0.376 e. The summed E-state index contributed by atoms with van der Waals surface area (Å²) < 4.78 is 14.1. The van der Waals surface area contributed by atoms with Crippen molar-refractivity contribution >= 4 is 5.96 Å². The lowest BCUT2D eigenvalue weighted by molar-refractivity contribution is -0.0367. The number of aliphatic imine (C=N–C) groups is 1. The van der Waals surface area contributed by atoms with Crippen LogP contribution in [0, 0.1) is 0 Å². The van der Waals surface area contributed by atoms with Gasteiger partial charge in [-0.2, -0.15) is 0 Å². The largest absolute Gasteiger partial charge is 0.376 e. The molecule has 0 aromatic carbocycles. The molecule has 1 N–H and O–H groups in total. The molecule has 4 rings (SSSR count). The molecule has 4 heterocycles. The molecule has 2 saturated heterocycles. The summed E-state index contributed by atoms with van der Waals surface area (Å²) in [5.74, 6) is 3.33. The molecular formula is C22H38N6O2. The van der Waals surface area contributed by atoms with Crippen LogP contribution in [0.2, 0.25) is 0 Å². The Labute approximate surface area is 180 Å². The Morgan fingerprint density at radius 2 is 2.03 bits per heavy atom. The SMILES string of the molecule is CN=C(NCCCc1nnc2n1CCCCC2)N1CCC(OCC2CCCO2)CC1. The van der Waals surface area contributed by atoms with Crippen molar-refractivity contribution in [3.63, 3.8) is 0 Å². The van der Waals surface area contributed by atoms with Crippen LogP contribution in [0.25, 0.3) is 0 Å². The lowest BCUT2D eigenvalue weighted by Crippen LogP contribution is -2.47. The average molecular weight is 419 g/mol. The quantitative estimate of drug-likeness (QED) is 0.415. The fraction of sp³-hybridized carbons (Fsp3) is 0.864. The molecule has 8 nitrogen and oxygen atoms in total. The number of aryl methyl sites for hydroxylation is 2. The van der Waals surface area contributed by atoms with Crippen LogP contribution in [-0.4, -0.2) is 77.7 Å². The topological polar surface area (TPSA) is 76.8 Å². The summed E-state index contributed by atoms with van der Waals surface area (Å²) in [6.45, 7) is 5.63. The van der Waals surface area contributed by atoms with Gasteiger partial charge in [0.2, 0.25) is 0 Å². The summed E-state index contributed by atoms with van der Waals surface area (Å²) in [5, 5.41) is 12.4. The van der Waals surface area contributed by atoms with E-state index >= 15 is 0 Å². The van der Waals surface area contributed by atoms with Crippen molar-refractivity contribution in [2.24, 2.45) is 4.99 Å². The van der Waals surface area contributed by atoms with E-state index in [4.69, 9.17) is 9.47 Å². The maximum absolute atomic E-state index is 6.10. The number of fused-ring (bicyclic) bond motifs is 1. The van der Waals surface area contributed by atoms with E-state index in [0.717, 1.165) is 89.7 Å². The predicted octanol–water partition coefficient (Wildman–Crippen LogP) is 2.17. The van der Waals surface area contributed by atoms with Gasteiger partial charge in [0.05, 0.1) is 18.8 Å². The molecule has 0 aliphatic carbocycles. The first kappa shape index (κ1) is 21.6. The van der Waals surface area contributed by atoms with Gasteiger partial charge in [0.15, 0.2) is 5.96 Å². The highest BCUT2D eigenvalue weighted by Gasteiger charge is 2.24. The molecule has 3 aliphatic rings. The normalized spacial score (nSPS) is 23.4. The number of guanidine groups is 1. The van der Waals surface area contributed by atoms with E-state index in [1.54, 1.807) is 0 Å². The number of nitrogens with zero attached hydrogens (tertiary/aromatic N) is 5. The van der Waals surface area contributed by atoms with Crippen LogP contribution in [0.15, 0.2) is 4.99 Å². The first-order valence-electron chi connectivity index (χ1n) is 11.9. The first-order chi connectivity index (χ1) is 14.8. The minimum atomic E-state index is 0.317. The fourth-order valence-corrected chi connectivity index (χ4v) is 4.76. The van der Waals surface area contributed by atoms with Crippen molar-refractivity contribution in [2.45, 2.75) is 83.0 Å². The molecule has 2 fully saturated rings. The van der Waals surface area contributed by atoms with E-state index in [9.17, 15) is 0 Å². The summed E-state index contributed by atoms with van der Waals surface area (Å²) >= 11 is 0. The van der Waals surface area contributed by atoms with Gasteiger partial charge < -0.3 is 24.3 Å². The summed E-state index contributed by atoms with van der Waals surface area (Å²) in [6, 6.07) is 0. The van der Waals surface area contributed by atoms with Crippen molar-refractivity contribution in [2.75, 3.05) is 39.9 Å². The molecule has 0 saturated carbocycles. The second-order valence-corrected chi connectivity index (χ2v) is 8.73. The predicted molar refractivity (Wildman–Crippen MR) is 117 cm³/mol. The molecule has 8 heteroatoms. The van der Waals surface area contributed by atoms with Crippen LogP contribution in [0.4, 0.5) is 0 Å². The van der Waals surface area contributed by atoms with Gasteiger partial charge in [-0.15, -0.1) is 10.2 Å². The van der Waals surface area contributed by atoms with Crippen molar-refractivity contribution in [1.29, 1.82) is 0 Å². The Morgan fingerprint density at radius 3 is 2.83 bits per heavy atom. The lowest BCUT2D eigenvalue weighted by Gasteiger charge is -2.34. The van der Waals surface area contributed by atoms with Crippen molar-refractivity contribution in [3.05, 3.63) is 11.6 Å². The molecule has 30 heavy (non-hydrogen) atoms. The summed E-state index contributed by atoms with van der Waals surface area (Å²) in [6.07, 6.45) is 12.0. The molecule has 3 aliphatic heterocycles. The van der Waals surface area contributed by atoms with Gasteiger partial charge in [0, 0.05) is 52.7 Å². The second kappa shape index (κ2) is 11.1. The Hall–Kier alpha value is -1.67. The number of piperidine rings is 1. The Kier molecular flexibility index (Phi) is 7.97. The second-order valence-electron chi connectivity index (χ2n) is 8.73. The molecule has 0 amide bonds. The first-order valence-corrected chi connectivity index (χ1v) is 11.9. The van der Waals surface area contributed by atoms with Crippen LogP contribution >= 0.6 is 0 Å². The van der Waals surface area contributed by atoms with Crippen LogP contribution < -0.4 is 5.32 Å². The number of nitrogens with one attached hydrogen (secondary N) is 1. The maximum atomic E-state index is 6.10. The lowest BCUT2D eigenvalue weighted by atomic mass is 10.1. The highest BCUT2D eigenvalue weighted by atomic mass is 16.5. The molecule has 0 bridgehead atoms. The Bertz CT molecular complexity index is 677. The molecular weight excluding hydrogens is 380 g/mol. The summed E-state index contributed by atoms with van der Waals surface area (Å²) in [7, 11) is 1.88. The molecule has 1 unspecified atom stereocenters. The van der Waals surface area contributed by atoms with Gasteiger partial charge in [-0.25, -0.2) is 0 Å². The van der Waals surface area contributed by atoms with Gasteiger partial charge >= 0.3 is 0 Å². The monoisotopic (exact) mass is 418 g/mol. The van der Waals surface area contributed by atoms with E-state index in [1.165, 1.54) is 31.5 Å². The molecule has 1 aromatic rings. The highest BCUT2D eigenvalue weighted by Crippen LogP contribution is 2.18. The van der Waals surface area contributed by atoms with Crippen LogP contribution in [0.1, 0.15) is 63.0 Å². The Balaban J connectivity index is 1.15. The van der Waals surface area contributed by atoms with Gasteiger partial charge in [0.1, 0.15) is 11.6 Å². The zero-order valence-electron chi connectivity index (χ0n) is 18.5. The molecule has 1 atom stereocenters. The van der Waals surface area contributed by atoms with E-state index in [-0.39, 0.29) is 0 Å². The molecule has 1 aromatic heterocycles. The average Bonchev–Trinajstić information content (AvgIpc) is 3.37. The van der Waals surface area contributed by atoms with Crippen LogP contribution in [-0.2, 0) is 28.9 Å². The Morgan fingerprint density at radius 1 is 1.13 bits per heavy atom. The van der Waals surface area contributed by atoms with E-state index in [0.29, 0.717) is 12.2 Å². The standard InChI is InChI=1S/C22H38N6O2/c1-23-22(27-14-10-18(11-15-27)30-17-19-7-6-16-29-19)24-12-5-9-21-26-25-20-8-3-2-4-13-28(20)21/h18-19H,2-17H2,1H3,(H,23,24). The third-order valence-electron chi connectivity index (χ3n) is 6.54. The molecule has 168 valence electrons. The number of hydrogen-bond donors (Lipinski definition) is 1. The van der Waals surface area contributed by atoms with Gasteiger partial charge in [-0.1, -0.05) is 6.42 Å².